The van der Waals surface area contributed by atoms with Gasteiger partial charge in [-0.1, -0.05) is 12.1 Å². The van der Waals surface area contributed by atoms with E-state index in [-0.39, 0.29) is 11.4 Å². The number of nitrogens with zero attached hydrogens (tertiary/aromatic N) is 2. The molecule has 0 bridgehead atoms. The van der Waals surface area contributed by atoms with Crippen LogP contribution in [-0.4, -0.2) is 25.8 Å². The lowest BCUT2D eigenvalue weighted by atomic mass is 10.2. The minimum atomic E-state index is -1.07. The smallest absolute Gasteiger partial charge is 0.339 e. The number of halogens is 1. The van der Waals surface area contributed by atoms with Crippen LogP contribution in [0.3, 0.4) is 0 Å². The van der Waals surface area contributed by atoms with E-state index in [1.807, 2.05) is 0 Å². The van der Waals surface area contributed by atoms with E-state index in [2.05, 4.69) is 10.1 Å². The van der Waals surface area contributed by atoms with Crippen LogP contribution in [-0.2, 0) is 7.05 Å². The van der Waals surface area contributed by atoms with Crippen molar-refractivity contribution in [1.29, 1.82) is 0 Å². The van der Waals surface area contributed by atoms with Crippen LogP contribution in [0, 0.1) is 5.82 Å². The third-order valence-electron chi connectivity index (χ3n) is 3.03. The number of fused-ring (bicyclic) bond motifs is 1. The van der Waals surface area contributed by atoms with Crippen molar-refractivity contribution in [3.05, 3.63) is 41.8 Å². The molecule has 2 aromatic heterocycles. The number of carboxylic acid groups (broad SMARTS) is 1. The molecule has 0 aliphatic carbocycles. The Balaban J connectivity index is 2.28. The highest BCUT2D eigenvalue weighted by molar-refractivity contribution is 5.96. The second kappa shape index (κ2) is 3.94. The first-order valence-corrected chi connectivity index (χ1v) is 5.61. The van der Waals surface area contributed by atoms with E-state index in [0.29, 0.717) is 22.3 Å². The predicted molar refractivity (Wildman–Crippen MR) is 67.4 cm³/mol. The number of hydrogen-bond donors (Lipinski definition) is 2. The maximum absolute atomic E-state index is 13.6. The fraction of sp³-hybridized carbons (Fsp3) is 0.0769. The van der Waals surface area contributed by atoms with E-state index in [1.54, 1.807) is 25.2 Å². The number of rotatable bonds is 2. The molecule has 3 rings (SSSR count). The van der Waals surface area contributed by atoms with Crippen LogP contribution in [0.2, 0.25) is 0 Å². The van der Waals surface area contributed by atoms with Gasteiger partial charge < -0.3 is 10.1 Å². The second-order valence-electron chi connectivity index (χ2n) is 4.22. The molecule has 0 saturated carbocycles. The molecule has 0 amide bonds. The van der Waals surface area contributed by atoms with E-state index in [4.69, 9.17) is 5.11 Å². The van der Waals surface area contributed by atoms with Crippen LogP contribution in [0.5, 0.6) is 0 Å². The van der Waals surface area contributed by atoms with Gasteiger partial charge in [-0.05, 0) is 12.1 Å². The fourth-order valence-electron chi connectivity index (χ4n) is 2.16. The van der Waals surface area contributed by atoms with Crippen molar-refractivity contribution >= 4 is 16.9 Å². The first-order valence-electron chi connectivity index (χ1n) is 5.61. The summed E-state index contributed by atoms with van der Waals surface area (Å²) < 4.78 is 15.1. The van der Waals surface area contributed by atoms with Crippen LogP contribution in [0.1, 0.15) is 10.4 Å². The van der Waals surface area contributed by atoms with Gasteiger partial charge in [0.2, 0.25) is 0 Å². The number of benzene rings is 1. The van der Waals surface area contributed by atoms with Gasteiger partial charge in [-0.2, -0.15) is 5.10 Å². The fourth-order valence-corrected chi connectivity index (χ4v) is 2.16. The number of H-pyrrole nitrogens is 1. The number of aromatic amines is 1. The molecule has 0 saturated heterocycles. The van der Waals surface area contributed by atoms with Gasteiger partial charge in [0.1, 0.15) is 11.4 Å². The second-order valence-corrected chi connectivity index (χ2v) is 4.22. The standard InChI is InChI=1S/C13H10FN3O2/c1-17-12(8(6-15-17)13(18)19)10-5-7-3-2-4-9(14)11(7)16-10/h2-6,16H,1H3,(H,18,19). The molecule has 0 fully saturated rings. The van der Waals surface area contributed by atoms with Crippen molar-refractivity contribution in [2.45, 2.75) is 0 Å². The maximum atomic E-state index is 13.6. The number of para-hydroxylation sites is 1. The quantitative estimate of drug-likeness (QED) is 0.742. The minimum absolute atomic E-state index is 0.0782. The maximum Gasteiger partial charge on any atom is 0.339 e. The van der Waals surface area contributed by atoms with E-state index in [0.717, 1.165) is 0 Å². The number of aryl methyl sites for hydroxylation is 1. The average molecular weight is 259 g/mol. The summed E-state index contributed by atoms with van der Waals surface area (Å²) in [5, 5.41) is 13.7. The summed E-state index contributed by atoms with van der Waals surface area (Å²) in [4.78, 5) is 14.1. The number of carboxylic acids is 1. The molecular weight excluding hydrogens is 249 g/mol. The van der Waals surface area contributed by atoms with E-state index in [1.165, 1.54) is 16.9 Å². The molecule has 0 unspecified atom stereocenters. The summed E-state index contributed by atoms with van der Waals surface area (Å²) in [6.07, 6.45) is 1.28. The molecule has 0 aliphatic rings. The van der Waals surface area contributed by atoms with E-state index in [9.17, 15) is 9.18 Å². The molecule has 6 heteroatoms. The van der Waals surface area contributed by atoms with Crippen molar-refractivity contribution in [3.8, 4) is 11.4 Å². The zero-order valence-electron chi connectivity index (χ0n) is 10.0. The monoisotopic (exact) mass is 259 g/mol. The van der Waals surface area contributed by atoms with Crippen LogP contribution in [0.4, 0.5) is 4.39 Å². The topological polar surface area (TPSA) is 70.9 Å². The van der Waals surface area contributed by atoms with E-state index >= 15 is 0 Å². The number of aromatic carboxylic acids is 1. The first-order chi connectivity index (χ1) is 9.08. The summed E-state index contributed by atoms with van der Waals surface area (Å²) in [6.45, 7) is 0. The van der Waals surface area contributed by atoms with Gasteiger partial charge in [0.05, 0.1) is 23.1 Å². The molecule has 2 heterocycles. The lowest BCUT2D eigenvalue weighted by Gasteiger charge is -2.00. The molecule has 0 spiro atoms. The molecule has 1 aromatic carbocycles. The summed E-state index contributed by atoms with van der Waals surface area (Å²) in [5.74, 6) is -1.44. The molecule has 3 aromatic rings. The predicted octanol–water partition coefficient (Wildman–Crippen LogP) is 2.41. The van der Waals surface area contributed by atoms with Crippen molar-refractivity contribution in [1.82, 2.24) is 14.8 Å². The number of aromatic nitrogens is 3. The van der Waals surface area contributed by atoms with Crippen LogP contribution < -0.4 is 0 Å². The molecule has 19 heavy (non-hydrogen) atoms. The minimum Gasteiger partial charge on any atom is -0.478 e. The highest BCUT2D eigenvalue weighted by Gasteiger charge is 2.18. The van der Waals surface area contributed by atoms with Gasteiger partial charge in [0.25, 0.3) is 0 Å². The third kappa shape index (κ3) is 1.69. The number of nitrogens with one attached hydrogen (secondary N) is 1. The van der Waals surface area contributed by atoms with Crippen molar-refractivity contribution in [3.63, 3.8) is 0 Å². The normalized spacial score (nSPS) is 11.1. The van der Waals surface area contributed by atoms with Crippen molar-refractivity contribution in [2.75, 3.05) is 0 Å². The lowest BCUT2D eigenvalue weighted by molar-refractivity contribution is 0.0697. The van der Waals surface area contributed by atoms with Gasteiger partial charge in [-0.15, -0.1) is 0 Å². The van der Waals surface area contributed by atoms with Crippen molar-refractivity contribution in [2.24, 2.45) is 7.05 Å². The molecule has 0 radical (unpaired) electrons. The highest BCUT2D eigenvalue weighted by atomic mass is 19.1. The Hall–Kier alpha value is -2.63. The summed E-state index contributed by atoms with van der Waals surface area (Å²) >= 11 is 0. The largest absolute Gasteiger partial charge is 0.478 e. The molecule has 96 valence electrons. The number of carbonyl (C=O) groups is 1. The molecule has 2 N–H and O–H groups in total. The lowest BCUT2D eigenvalue weighted by Crippen LogP contribution is -2.00. The Kier molecular flexibility index (Phi) is 2.38. The third-order valence-corrected chi connectivity index (χ3v) is 3.03. The van der Waals surface area contributed by atoms with Crippen LogP contribution in [0.25, 0.3) is 22.3 Å². The van der Waals surface area contributed by atoms with E-state index < -0.39 is 5.97 Å². The summed E-state index contributed by atoms with van der Waals surface area (Å²) in [6, 6.07) is 6.43. The molecule has 0 aliphatic heterocycles. The Labute approximate surface area is 107 Å². The van der Waals surface area contributed by atoms with Crippen molar-refractivity contribution < 1.29 is 14.3 Å². The Morgan fingerprint density at radius 3 is 2.95 bits per heavy atom. The SMILES string of the molecule is Cn1ncc(C(=O)O)c1-c1cc2cccc(F)c2[nH]1. The average Bonchev–Trinajstić information content (AvgIpc) is 2.92. The van der Waals surface area contributed by atoms with Crippen LogP contribution in [0.15, 0.2) is 30.5 Å². The molecular formula is C13H10FN3O2. The Morgan fingerprint density at radius 2 is 2.26 bits per heavy atom. The summed E-state index contributed by atoms with van der Waals surface area (Å²) in [5.41, 5.74) is 1.38. The highest BCUT2D eigenvalue weighted by Crippen LogP contribution is 2.27. The van der Waals surface area contributed by atoms with Gasteiger partial charge in [0, 0.05) is 12.4 Å². The zero-order chi connectivity index (χ0) is 13.6. The van der Waals surface area contributed by atoms with Gasteiger partial charge in [-0.3, -0.25) is 4.68 Å². The molecule has 0 atom stereocenters. The molecule has 5 nitrogen and oxygen atoms in total. The van der Waals surface area contributed by atoms with Gasteiger partial charge in [-0.25, -0.2) is 9.18 Å². The Morgan fingerprint density at radius 1 is 1.47 bits per heavy atom. The Bertz CT molecular complexity index is 788. The van der Waals surface area contributed by atoms with Crippen LogP contribution >= 0.6 is 0 Å². The van der Waals surface area contributed by atoms with Gasteiger partial charge in [0.15, 0.2) is 0 Å². The zero-order valence-corrected chi connectivity index (χ0v) is 10.0. The van der Waals surface area contributed by atoms with Gasteiger partial charge >= 0.3 is 5.97 Å². The first kappa shape index (κ1) is 11.5. The summed E-state index contributed by atoms with van der Waals surface area (Å²) in [7, 11) is 1.64. The number of hydrogen-bond acceptors (Lipinski definition) is 2.